The highest BCUT2D eigenvalue weighted by Crippen LogP contribution is 2.33. The molecule has 0 spiro atoms. The summed E-state index contributed by atoms with van der Waals surface area (Å²) in [7, 11) is 1.75. The minimum Gasteiger partial charge on any atom is -0.381 e. The standard InChI is InChI=1S/C14H16BrFN2O/c1-19-11-4-2-3-10(7-11)18-8-17-13-6-9(15)5-12(16)14(13)18/h5-6,8,10-11H,2-4,7H2,1H3. The molecule has 0 radical (unpaired) electrons. The van der Waals surface area contributed by atoms with Crippen molar-refractivity contribution in [1.29, 1.82) is 0 Å². The fourth-order valence-corrected chi connectivity index (χ4v) is 3.37. The number of imidazole rings is 1. The molecule has 1 aromatic carbocycles. The summed E-state index contributed by atoms with van der Waals surface area (Å²) in [6.07, 6.45) is 6.21. The second-order valence-electron chi connectivity index (χ2n) is 5.09. The Morgan fingerprint density at radius 1 is 1.42 bits per heavy atom. The third-order valence-electron chi connectivity index (χ3n) is 3.91. The molecule has 2 atom stereocenters. The van der Waals surface area contributed by atoms with Crippen molar-refractivity contribution in [2.75, 3.05) is 7.11 Å². The normalized spacial score (nSPS) is 23.9. The molecule has 0 amide bonds. The molecular weight excluding hydrogens is 311 g/mol. The Morgan fingerprint density at radius 3 is 3.05 bits per heavy atom. The fraction of sp³-hybridized carbons (Fsp3) is 0.500. The van der Waals surface area contributed by atoms with Crippen LogP contribution in [-0.4, -0.2) is 22.8 Å². The highest BCUT2D eigenvalue weighted by Gasteiger charge is 2.25. The summed E-state index contributed by atoms with van der Waals surface area (Å²) in [6, 6.07) is 3.63. The Bertz CT molecular complexity index is 598. The van der Waals surface area contributed by atoms with E-state index in [0.29, 0.717) is 11.0 Å². The number of halogens is 2. The number of ether oxygens (including phenoxy) is 1. The van der Waals surface area contributed by atoms with E-state index < -0.39 is 0 Å². The van der Waals surface area contributed by atoms with Gasteiger partial charge in [-0.2, -0.15) is 0 Å². The molecule has 3 rings (SSSR count). The van der Waals surface area contributed by atoms with Gasteiger partial charge in [0, 0.05) is 17.6 Å². The van der Waals surface area contributed by atoms with Crippen LogP contribution in [0.3, 0.4) is 0 Å². The van der Waals surface area contributed by atoms with E-state index in [2.05, 4.69) is 20.9 Å². The van der Waals surface area contributed by atoms with Crippen LogP contribution in [0.1, 0.15) is 31.7 Å². The van der Waals surface area contributed by atoms with Crippen LogP contribution in [0.4, 0.5) is 4.39 Å². The van der Waals surface area contributed by atoms with Gasteiger partial charge in [-0.25, -0.2) is 9.37 Å². The molecule has 5 heteroatoms. The zero-order valence-corrected chi connectivity index (χ0v) is 12.4. The zero-order chi connectivity index (χ0) is 13.4. The van der Waals surface area contributed by atoms with Gasteiger partial charge < -0.3 is 9.30 Å². The van der Waals surface area contributed by atoms with E-state index in [1.165, 1.54) is 6.07 Å². The number of aromatic nitrogens is 2. The topological polar surface area (TPSA) is 27.1 Å². The summed E-state index contributed by atoms with van der Waals surface area (Å²) in [5, 5.41) is 0. The lowest BCUT2D eigenvalue weighted by atomic mass is 9.92. The van der Waals surface area contributed by atoms with Gasteiger partial charge in [0.25, 0.3) is 0 Å². The van der Waals surface area contributed by atoms with Crippen molar-refractivity contribution < 1.29 is 9.13 Å². The highest BCUT2D eigenvalue weighted by atomic mass is 79.9. The number of nitrogens with zero attached hydrogens (tertiary/aromatic N) is 2. The van der Waals surface area contributed by atoms with Crippen LogP contribution in [0, 0.1) is 5.82 Å². The maximum Gasteiger partial charge on any atom is 0.150 e. The smallest absolute Gasteiger partial charge is 0.150 e. The van der Waals surface area contributed by atoms with E-state index in [0.717, 1.165) is 30.2 Å². The van der Waals surface area contributed by atoms with Crippen molar-refractivity contribution in [3.05, 3.63) is 28.7 Å². The lowest BCUT2D eigenvalue weighted by Crippen LogP contribution is -2.23. The minimum atomic E-state index is -0.221. The minimum absolute atomic E-state index is 0.221. The van der Waals surface area contributed by atoms with E-state index in [-0.39, 0.29) is 18.0 Å². The Hall–Kier alpha value is -0.940. The molecule has 1 aliphatic carbocycles. The van der Waals surface area contributed by atoms with Crippen molar-refractivity contribution in [3.63, 3.8) is 0 Å². The van der Waals surface area contributed by atoms with Gasteiger partial charge in [-0.1, -0.05) is 15.9 Å². The molecule has 0 bridgehead atoms. The number of hydrogen-bond donors (Lipinski definition) is 0. The average Bonchev–Trinajstić information content (AvgIpc) is 2.82. The molecule has 0 N–H and O–H groups in total. The molecule has 1 aliphatic rings. The van der Waals surface area contributed by atoms with Crippen LogP contribution in [0.25, 0.3) is 11.0 Å². The molecule has 1 fully saturated rings. The molecule has 19 heavy (non-hydrogen) atoms. The summed E-state index contributed by atoms with van der Waals surface area (Å²) in [6.45, 7) is 0. The van der Waals surface area contributed by atoms with Crippen LogP contribution in [0.5, 0.6) is 0 Å². The van der Waals surface area contributed by atoms with Crippen LogP contribution >= 0.6 is 15.9 Å². The summed E-state index contributed by atoms with van der Waals surface area (Å²) in [5.74, 6) is -0.221. The van der Waals surface area contributed by atoms with Crippen molar-refractivity contribution >= 4 is 27.0 Å². The number of benzene rings is 1. The molecule has 1 saturated carbocycles. The second kappa shape index (κ2) is 5.21. The molecular formula is C14H16BrFN2O. The molecule has 1 heterocycles. The first-order valence-corrected chi connectivity index (χ1v) is 7.32. The molecule has 2 unspecified atom stereocenters. The van der Waals surface area contributed by atoms with E-state index in [1.54, 1.807) is 13.4 Å². The first-order chi connectivity index (χ1) is 9.19. The van der Waals surface area contributed by atoms with Crippen molar-refractivity contribution in [2.24, 2.45) is 0 Å². The van der Waals surface area contributed by atoms with Gasteiger partial charge in [-0.15, -0.1) is 0 Å². The Balaban J connectivity index is 2.01. The molecule has 1 aromatic heterocycles. The van der Waals surface area contributed by atoms with Crippen LogP contribution in [-0.2, 0) is 4.74 Å². The Kier molecular flexibility index (Phi) is 3.58. The maximum absolute atomic E-state index is 14.2. The SMILES string of the molecule is COC1CCCC(n2cnc3cc(Br)cc(F)c32)C1. The van der Waals surface area contributed by atoms with Gasteiger partial charge in [0.2, 0.25) is 0 Å². The third-order valence-corrected chi connectivity index (χ3v) is 4.37. The monoisotopic (exact) mass is 326 g/mol. The number of rotatable bonds is 2. The van der Waals surface area contributed by atoms with Gasteiger partial charge in [-0.05, 0) is 37.8 Å². The van der Waals surface area contributed by atoms with Crippen molar-refractivity contribution in [2.45, 2.75) is 37.8 Å². The second-order valence-corrected chi connectivity index (χ2v) is 6.00. The van der Waals surface area contributed by atoms with E-state index >= 15 is 0 Å². The number of hydrogen-bond acceptors (Lipinski definition) is 2. The molecule has 3 nitrogen and oxygen atoms in total. The quantitative estimate of drug-likeness (QED) is 0.831. The van der Waals surface area contributed by atoms with Crippen molar-refractivity contribution in [3.8, 4) is 0 Å². The fourth-order valence-electron chi connectivity index (χ4n) is 2.95. The van der Waals surface area contributed by atoms with Gasteiger partial charge in [0.1, 0.15) is 11.3 Å². The van der Waals surface area contributed by atoms with Gasteiger partial charge in [0.05, 0.1) is 17.9 Å². The van der Waals surface area contributed by atoms with E-state index in [1.807, 2.05) is 10.6 Å². The first-order valence-electron chi connectivity index (χ1n) is 6.53. The van der Waals surface area contributed by atoms with E-state index in [9.17, 15) is 4.39 Å². The number of fused-ring (bicyclic) bond motifs is 1. The van der Waals surface area contributed by atoms with Crippen LogP contribution < -0.4 is 0 Å². The molecule has 102 valence electrons. The predicted octanol–water partition coefficient (Wildman–Crippen LogP) is 4.07. The zero-order valence-electron chi connectivity index (χ0n) is 10.8. The third kappa shape index (κ3) is 2.41. The largest absolute Gasteiger partial charge is 0.381 e. The lowest BCUT2D eigenvalue weighted by Gasteiger charge is -2.29. The summed E-state index contributed by atoms with van der Waals surface area (Å²) >= 11 is 3.30. The summed E-state index contributed by atoms with van der Waals surface area (Å²) < 4.78 is 22.3. The van der Waals surface area contributed by atoms with Gasteiger partial charge in [0.15, 0.2) is 0 Å². The van der Waals surface area contributed by atoms with Gasteiger partial charge >= 0.3 is 0 Å². The lowest BCUT2D eigenvalue weighted by molar-refractivity contribution is 0.0536. The molecule has 2 aromatic rings. The Labute approximate surface area is 119 Å². The van der Waals surface area contributed by atoms with Crippen LogP contribution in [0.2, 0.25) is 0 Å². The molecule has 0 aliphatic heterocycles. The average molecular weight is 327 g/mol. The summed E-state index contributed by atoms with van der Waals surface area (Å²) in [4.78, 5) is 4.32. The van der Waals surface area contributed by atoms with Crippen molar-refractivity contribution in [1.82, 2.24) is 9.55 Å². The molecule has 0 saturated heterocycles. The summed E-state index contributed by atoms with van der Waals surface area (Å²) in [5.41, 5.74) is 1.30. The van der Waals surface area contributed by atoms with E-state index in [4.69, 9.17) is 4.74 Å². The predicted molar refractivity (Wildman–Crippen MR) is 75.7 cm³/mol. The first kappa shape index (κ1) is 13.1. The Morgan fingerprint density at radius 2 is 2.26 bits per heavy atom. The number of methoxy groups -OCH3 is 1. The maximum atomic E-state index is 14.2. The van der Waals surface area contributed by atoms with Crippen LogP contribution in [0.15, 0.2) is 22.9 Å². The highest BCUT2D eigenvalue weighted by molar-refractivity contribution is 9.10. The van der Waals surface area contributed by atoms with Gasteiger partial charge in [-0.3, -0.25) is 0 Å².